The zero-order valence-electron chi connectivity index (χ0n) is 19.8. The fraction of sp³-hybridized carbons (Fsp3) is 0.241. The van der Waals surface area contributed by atoms with Gasteiger partial charge >= 0.3 is 0 Å². The van der Waals surface area contributed by atoms with Gasteiger partial charge in [-0.3, -0.25) is 14.8 Å². The van der Waals surface area contributed by atoms with Crippen LogP contribution >= 0.6 is 0 Å². The number of pyridine rings is 3. The van der Waals surface area contributed by atoms with Crippen molar-refractivity contribution < 1.29 is 9.53 Å². The summed E-state index contributed by atoms with van der Waals surface area (Å²) in [5.74, 6) is 1.15. The van der Waals surface area contributed by atoms with Crippen LogP contribution in [0.3, 0.4) is 0 Å². The van der Waals surface area contributed by atoms with Gasteiger partial charge in [-0.05, 0) is 61.7 Å². The van der Waals surface area contributed by atoms with Crippen molar-refractivity contribution in [3.05, 3.63) is 113 Å². The van der Waals surface area contributed by atoms with Gasteiger partial charge in [0.05, 0.1) is 6.20 Å². The third-order valence-corrected chi connectivity index (χ3v) is 6.36. The van der Waals surface area contributed by atoms with Crippen LogP contribution in [0, 0.1) is 6.92 Å². The molecular weight excluding hydrogens is 436 g/mol. The Kier molecular flexibility index (Phi) is 6.80. The molecule has 5 rings (SSSR count). The first-order chi connectivity index (χ1) is 17.2. The molecule has 6 heteroatoms. The predicted octanol–water partition coefficient (Wildman–Crippen LogP) is 5.58. The van der Waals surface area contributed by atoms with Gasteiger partial charge in [0.25, 0.3) is 5.91 Å². The van der Waals surface area contributed by atoms with Crippen molar-refractivity contribution in [1.82, 2.24) is 19.9 Å². The molecule has 1 aromatic carbocycles. The molecule has 1 amide bonds. The monoisotopic (exact) mass is 464 g/mol. The van der Waals surface area contributed by atoms with E-state index in [4.69, 9.17) is 9.72 Å². The highest BCUT2D eigenvalue weighted by Crippen LogP contribution is 2.30. The van der Waals surface area contributed by atoms with E-state index in [0.717, 1.165) is 36.3 Å². The van der Waals surface area contributed by atoms with Crippen LogP contribution in [0.1, 0.15) is 51.8 Å². The molecule has 3 aromatic heterocycles. The first-order valence-corrected chi connectivity index (χ1v) is 12.0. The highest BCUT2D eigenvalue weighted by molar-refractivity contribution is 5.96. The van der Waals surface area contributed by atoms with E-state index in [9.17, 15) is 4.79 Å². The number of piperidine rings is 1. The summed E-state index contributed by atoms with van der Waals surface area (Å²) < 4.78 is 5.90. The first kappa shape index (κ1) is 22.7. The number of ether oxygens (including phenoxy) is 1. The number of hydrogen-bond donors (Lipinski definition) is 0. The molecule has 1 fully saturated rings. The summed E-state index contributed by atoms with van der Waals surface area (Å²) in [7, 11) is 0. The predicted molar refractivity (Wildman–Crippen MR) is 135 cm³/mol. The molecule has 0 aliphatic carbocycles. The van der Waals surface area contributed by atoms with E-state index in [1.165, 1.54) is 5.56 Å². The minimum absolute atomic E-state index is 0.0580. The van der Waals surface area contributed by atoms with Gasteiger partial charge in [0.1, 0.15) is 11.3 Å². The number of hydrogen-bond acceptors (Lipinski definition) is 5. The van der Waals surface area contributed by atoms with Crippen LogP contribution in [-0.2, 0) is 6.42 Å². The van der Waals surface area contributed by atoms with Crippen LogP contribution in [0.4, 0.5) is 0 Å². The quantitative estimate of drug-likeness (QED) is 0.372. The van der Waals surface area contributed by atoms with Gasteiger partial charge < -0.3 is 9.64 Å². The fourth-order valence-corrected chi connectivity index (χ4v) is 4.44. The lowest BCUT2D eigenvalue weighted by Crippen LogP contribution is -2.38. The Morgan fingerprint density at radius 2 is 1.77 bits per heavy atom. The molecule has 0 unspecified atom stereocenters. The van der Waals surface area contributed by atoms with Crippen LogP contribution in [0.5, 0.6) is 11.6 Å². The average molecular weight is 465 g/mol. The Morgan fingerprint density at radius 3 is 2.54 bits per heavy atom. The SMILES string of the molecule is Cc1ccc(Oc2ncccc2C(=O)N2CCC(c3cccc(Cc4ccccc4)n3)CC2)cn1. The Balaban J connectivity index is 1.24. The zero-order valence-corrected chi connectivity index (χ0v) is 19.8. The van der Waals surface area contributed by atoms with Gasteiger partial charge in [0.15, 0.2) is 0 Å². The third-order valence-electron chi connectivity index (χ3n) is 6.36. The molecule has 0 saturated carbocycles. The lowest BCUT2D eigenvalue weighted by molar-refractivity contribution is 0.0708. The summed E-state index contributed by atoms with van der Waals surface area (Å²) >= 11 is 0. The van der Waals surface area contributed by atoms with Crippen molar-refractivity contribution in [3.63, 3.8) is 0 Å². The maximum Gasteiger partial charge on any atom is 0.259 e. The normalized spacial score (nSPS) is 14.0. The molecular formula is C29H28N4O2. The molecule has 0 bridgehead atoms. The van der Waals surface area contributed by atoms with Crippen molar-refractivity contribution in [1.29, 1.82) is 0 Å². The number of likely N-dealkylation sites (tertiary alicyclic amines) is 1. The maximum absolute atomic E-state index is 13.3. The lowest BCUT2D eigenvalue weighted by Gasteiger charge is -2.32. The minimum atomic E-state index is -0.0580. The molecule has 0 radical (unpaired) electrons. The largest absolute Gasteiger partial charge is 0.437 e. The van der Waals surface area contributed by atoms with E-state index in [2.05, 4.69) is 52.4 Å². The number of carbonyl (C=O) groups excluding carboxylic acids is 1. The van der Waals surface area contributed by atoms with Crippen molar-refractivity contribution >= 4 is 5.91 Å². The van der Waals surface area contributed by atoms with E-state index >= 15 is 0 Å². The Hall–Kier alpha value is -4.06. The second kappa shape index (κ2) is 10.5. The molecule has 1 aliphatic rings. The number of nitrogens with zero attached hydrogens (tertiary/aromatic N) is 4. The first-order valence-electron chi connectivity index (χ1n) is 12.0. The van der Waals surface area contributed by atoms with E-state index in [1.54, 1.807) is 24.5 Å². The second-order valence-corrected chi connectivity index (χ2v) is 8.88. The number of aromatic nitrogens is 3. The fourth-order valence-electron chi connectivity index (χ4n) is 4.44. The minimum Gasteiger partial charge on any atom is -0.437 e. The second-order valence-electron chi connectivity index (χ2n) is 8.88. The summed E-state index contributed by atoms with van der Waals surface area (Å²) in [5.41, 5.74) is 4.82. The summed E-state index contributed by atoms with van der Waals surface area (Å²) in [6.07, 6.45) is 5.86. The molecule has 0 spiro atoms. The van der Waals surface area contributed by atoms with Crippen LogP contribution in [0.2, 0.25) is 0 Å². The van der Waals surface area contributed by atoms with E-state index < -0.39 is 0 Å². The number of carbonyl (C=O) groups is 1. The number of rotatable bonds is 6. The highest BCUT2D eigenvalue weighted by atomic mass is 16.5. The zero-order chi connectivity index (χ0) is 24.0. The molecule has 0 N–H and O–H groups in total. The average Bonchev–Trinajstić information content (AvgIpc) is 2.91. The van der Waals surface area contributed by atoms with E-state index in [1.807, 2.05) is 30.0 Å². The summed E-state index contributed by atoms with van der Waals surface area (Å²) in [4.78, 5) is 28.7. The van der Waals surface area contributed by atoms with Crippen molar-refractivity contribution in [2.24, 2.45) is 0 Å². The number of benzene rings is 1. The molecule has 0 atom stereocenters. The van der Waals surface area contributed by atoms with Crippen molar-refractivity contribution in [2.45, 2.75) is 32.1 Å². The molecule has 1 aliphatic heterocycles. The molecule has 6 nitrogen and oxygen atoms in total. The number of amides is 1. The van der Waals surface area contributed by atoms with Gasteiger partial charge in [-0.25, -0.2) is 4.98 Å². The van der Waals surface area contributed by atoms with Crippen LogP contribution in [0.15, 0.2) is 85.2 Å². The van der Waals surface area contributed by atoms with E-state index in [-0.39, 0.29) is 5.91 Å². The molecule has 176 valence electrons. The third kappa shape index (κ3) is 5.54. The summed E-state index contributed by atoms with van der Waals surface area (Å²) in [6, 6.07) is 23.9. The standard InChI is InChI=1S/C29H28N4O2/c1-21-12-13-25(20-31-21)35-28-26(10-6-16-30-28)29(34)33-17-14-23(15-18-33)27-11-5-9-24(32-27)19-22-7-3-2-4-8-22/h2-13,16,20,23H,14-15,17-19H2,1H3. The van der Waals surface area contributed by atoms with Gasteiger partial charge in [-0.1, -0.05) is 36.4 Å². The van der Waals surface area contributed by atoms with Crippen molar-refractivity contribution in [3.8, 4) is 11.6 Å². The van der Waals surface area contributed by atoms with Crippen LogP contribution in [0.25, 0.3) is 0 Å². The smallest absolute Gasteiger partial charge is 0.259 e. The van der Waals surface area contributed by atoms with E-state index in [0.29, 0.717) is 36.2 Å². The molecule has 4 aromatic rings. The molecule has 35 heavy (non-hydrogen) atoms. The highest BCUT2D eigenvalue weighted by Gasteiger charge is 2.27. The maximum atomic E-state index is 13.3. The van der Waals surface area contributed by atoms with Gasteiger partial charge in [0, 0.05) is 48.7 Å². The van der Waals surface area contributed by atoms with Gasteiger partial charge in [0.2, 0.25) is 5.88 Å². The van der Waals surface area contributed by atoms with Gasteiger partial charge in [-0.2, -0.15) is 0 Å². The Labute approximate surface area is 205 Å². The summed E-state index contributed by atoms with van der Waals surface area (Å²) in [5, 5.41) is 0. The number of aryl methyl sites for hydroxylation is 1. The summed E-state index contributed by atoms with van der Waals surface area (Å²) in [6.45, 7) is 3.27. The van der Waals surface area contributed by atoms with Gasteiger partial charge in [-0.15, -0.1) is 0 Å². The molecule has 1 saturated heterocycles. The van der Waals surface area contributed by atoms with Crippen LogP contribution < -0.4 is 4.74 Å². The molecule has 4 heterocycles. The topological polar surface area (TPSA) is 68.2 Å². The Morgan fingerprint density at radius 1 is 0.943 bits per heavy atom. The van der Waals surface area contributed by atoms with Crippen LogP contribution in [-0.4, -0.2) is 38.8 Å². The lowest BCUT2D eigenvalue weighted by atomic mass is 9.92. The van der Waals surface area contributed by atoms with Crippen molar-refractivity contribution in [2.75, 3.05) is 13.1 Å². The Bertz CT molecular complexity index is 1280.